The van der Waals surface area contributed by atoms with Gasteiger partial charge in [0, 0.05) is 62.2 Å². The van der Waals surface area contributed by atoms with Crippen molar-refractivity contribution in [3.63, 3.8) is 0 Å². The number of nitrogens with one attached hydrogen (secondary N) is 1. The molecule has 1 unspecified atom stereocenters. The topological polar surface area (TPSA) is 65.0 Å². The van der Waals surface area contributed by atoms with Crippen molar-refractivity contribution in [1.82, 2.24) is 14.8 Å². The molecule has 1 aliphatic heterocycles. The van der Waals surface area contributed by atoms with Gasteiger partial charge in [-0.05, 0) is 47.0 Å². The first-order valence-corrected chi connectivity index (χ1v) is 13.7. The van der Waals surface area contributed by atoms with Gasteiger partial charge < -0.3 is 24.1 Å². The van der Waals surface area contributed by atoms with Crippen LogP contribution in [-0.2, 0) is 16.1 Å². The normalized spacial score (nSPS) is 14.7. The smallest absolute Gasteiger partial charge is 0.220 e. The van der Waals surface area contributed by atoms with Gasteiger partial charge in [-0.2, -0.15) is 0 Å². The average Bonchev–Trinajstić information content (AvgIpc) is 3.35. The van der Waals surface area contributed by atoms with Crippen LogP contribution in [0.3, 0.4) is 0 Å². The molecule has 0 bridgehead atoms. The lowest BCUT2D eigenvalue weighted by atomic mass is 9.87. The van der Waals surface area contributed by atoms with Gasteiger partial charge in [-0.1, -0.05) is 36.4 Å². The molecule has 1 amide bonds. The summed E-state index contributed by atoms with van der Waals surface area (Å²) in [7, 11) is 3.23. The van der Waals surface area contributed by atoms with Crippen LogP contribution < -0.4 is 14.8 Å². The minimum absolute atomic E-state index is 0.0107. The Morgan fingerprint density at radius 3 is 2.50 bits per heavy atom. The van der Waals surface area contributed by atoms with E-state index in [1.807, 2.05) is 30.3 Å². The van der Waals surface area contributed by atoms with Crippen LogP contribution in [0.4, 0.5) is 4.39 Å². The van der Waals surface area contributed by atoms with E-state index in [-0.39, 0.29) is 24.1 Å². The first-order chi connectivity index (χ1) is 19.6. The number of aromatic nitrogens is 1. The lowest BCUT2D eigenvalue weighted by Crippen LogP contribution is -2.41. The van der Waals surface area contributed by atoms with Crippen molar-refractivity contribution >= 4 is 16.8 Å². The van der Waals surface area contributed by atoms with Crippen LogP contribution in [-0.4, -0.2) is 69.0 Å². The van der Waals surface area contributed by atoms with Crippen LogP contribution in [0.15, 0.2) is 72.9 Å². The number of carbonyl (C=O) groups excluding carboxylic acids is 1. The Bertz CT molecular complexity index is 1430. The van der Waals surface area contributed by atoms with Crippen molar-refractivity contribution in [2.24, 2.45) is 0 Å². The maximum Gasteiger partial charge on any atom is 0.220 e. The Morgan fingerprint density at radius 2 is 1.75 bits per heavy atom. The Kier molecular flexibility index (Phi) is 8.98. The van der Waals surface area contributed by atoms with E-state index in [0.717, 1.165) is 60.4 Å². The molecule has 3 aromatic carbocycles. The van der Waals surface area contributed by atoms with Crippen LogP contribution in [0.5, 0.6) is 11.5 Å². The second-order valence-corrected chi connectivity index (χ2v) is 10.0. The fraction of sp³-hybridized carbons (Fsp3) is 0.344. The molecule has 8 heteroatoms. The molecule has 0 spiro atoms. The predicted molar refractivity (Wildman–Crippen MR) is 154 cm³/mol. The van der Waals surface area contributed by atoms with E-state index >= 15 is 0 Å². The highest BCUT2D eigenvalue weighted by atomic mass is 19.1. The summed E-state index contributed by atoms with van der Waals surface area (Å²) >= 11 is 0. The van der Waals surface area contributed by atoms with E-state index in [0.29, 0.717) is 24.6 Å². The second-order valence-electron chi connectivity index (χ2n) is 10.0. The van der Waals surface area contributed by atoms with E-state index in [1.54, 1.807) is 26.4 Å². The number of nitrogens with zero attached hydrogens (tertiary/aromatic N) is 2. The van der Waals surface area contributed by atoms with Gasteiger partial charge in [0.15, 0.2) is 11.5 Å². The highest BCUT2D eigenvalue weighted by Crippen LogP contribution is 2.38. The van der Waals surface area contributed by atoms with Crippen LogP contribution in [0.1, 0.15) is 29.0 Å². The standard InChI is InChI=1S/C32H36FN3O4/c1-38-30-12-9-24(19-31(30)39-2)27(20-32(37)34-13-14-35-15-17-40-18-16-35)28-22-36(29-6-4-3-5-26(28)29)21-23-7-10-25(33)11-8-23/h3-12,19,22,27H,13-18,20-21H2,1-2H3,(H,34,37). The molecule has 0 aliphatic carbocycles. The fourth-order valence-electron chi connectivity index (χ4n) is 5.38. The molecule has 0 radical (unpaired) electrons. The maximum absolute atomic E-state index is 13.5. The quantitative estimate of drug-likeness (QED) is 0.293. The molecular weight excluding hydrogens is 509 g/mol. The summed E-state index contributed by atoms with van der Waals surface area (Å²) in [6.45, 7) is 5.21. The largest absolute Gasteiger partial charge is 0.493 e. The highest BCUT2D eigenvalue weighted by Gasteiger charge is 2.24. The van der Waals surface area contributed by atoms with Crippen molar-refractivity contribution < 1.29 is 23.4 Å². The average molecular weight is 546 g/mol. The molecule has 1 N–H and O–H groups in total. The number of ether oxygens (including phenoxy) is 3. The van der Waals surface area contributed by atoms with Crippen molar-refractivity contribution in [2.45, 2.75) is 18.9 Å². The van der Waals surface area contributed by atoms with Crippen LogP contribution >= 0.6 is 0 Å². The van der Waals surface area contributed by atoms with E-state index in [4.69, 9.17) is 14.2 Å². The van der Waals surface area contributed by atoms with Gasteiger partial charge in [-0.15, -0.1) is 0 Å². The summed E-state index contributed by atoms with van der Waals surface area (Å²) in [5, 5.41) is 4.21. The number of rotatable bonds is 11. The number of halogens is 1. The Labute approximate surface area is 234 Å². The third-order valence-electron chi connectivity index (χ3n) is 7.51. The van der Waals surface area contributed by atoms with Gasteiger partial charge in [0.05, 0.1) is 27.4 Å². The van der Waals surface area contributed by atoms with Gasteiger partial charge in [0.2, 0.25) is 5.91 Å². The number of para-hydroxylation sites is 1. The number of morpholine rings is 1. The number of hydrogen-bond acceptors (Lipinski definition) is 5. The zero-order chi connectivity index (χ0) is 27.9. The minimum atomic E-state index is -0.255. The van der Waals surface area contributed by atoms with E-state index in [2.05, 4.69) is 33.1 Å². The number of fused-ring (bicyclic) bond motifs is 1. The third-order valence-corrected chi connectivity index (χ3v) is 7.51. The summed E-state index contributed by atoms with van der Waals surface area (Å²) < 4.78 is 32.2. The fourth-order valence-corrected chi connectivity index (χ4v) is 5.38. The minimum Gasteiger partial charge on any atom is -0.493 e. The highest BCUT2D eigenvalue weighted by molar-refractivity contribution is 5.87. The molecule has 4 aromatic rings. The predicted octanol–water partition coefficient (Wildman–Crippen LogP) is 4.82. The van der Waals surface area contributed by atoms with E-state index in [1.165, 1.54) is 12.1 Å². The summed E-state index contributed by atoms with van der Waals surface area (Å²) in [4.78, 5) is 15.6. The molecule has 7 nitrogen and oxygen atoms in total. The molecule has 40 heavy (non-hydrogen) atoms. The molecule has 2 heterocycles. The first-order valence-electron chi connectivity index (χ1n) is 13.7. The molecule has 210 valence electrons. The molecule has 1 saturated heterocycles. The third kappa shape index (κ3) is 6.46. The molecule has 1 fully saturated rings. The summed E-state index contributed by atoms with van der Waals surface area (Å²) in [6.07, 6.45) is 2.40. The zero-order valence-electron chi connectivity index (χ0n) is 23.1. The lowest BCUT2D eigenvalue weighted by molar-refractivity contribution is -0.121. The molecular formula is C32H36FN3O4. The Hall–Kier alpha value is -3.88. The number of benzene rings is 3. The molecule has 1 aromatic heterocycles. The van der Waals surface area contributed by atoms with Crippen molar-refractivity contribution in [3.05, 3.63) is 95.4 Å². The second kappa shape index (κ2) is 13.0. The van der Waals surface area contributed by atoms with Crippen molar-refractivity contribution in [1.29, 1.82) is 0 Å². The monoisotopic (exact) mass is 545 g/mol. The molecule has 5 rings (SSSR count). The summed E-state index contributed by atoms with van der Waals surface area (Å²) in [6, 6.07) is 20.6. The summed E-state index contributed by atoms with van der Waals surface area (Å²) in [5.41, 5.74) is 4.07. The van der Waals surface area contributed by atoms with E-state index < -0.39 is 0 Å². The summed E-state index contributed by atoms with van der Waals surface area (Å²) in [5.74, 6) is 0.771. The first kappa shape index (κ1) is 27.7. The van der Waals surface area contributed by atoms with Crippen LogP contribution in [0.2, 0.25) is 0 Å². The van der Waals surface area contributed by atoms with E-state index in [9.17, 15) is 9.18 Å². The van der Waals surface area contributed by atoms with Crippen molar-refractivity contribution in [3.8, 4) is 11.5 Å². The van der Waals surface area contributed by atoms with Gasteiger partial charge in [-0.3, -0.25) is 9.69 Å². The lowest BCUT2D eigenvalue weighted by Gasteiger charge is -2.26. The Balaban J connectivity index is 1.46. The number of amides is 1. The SMILES string of the molecule is COc1ccc(C(CC(=O)NCCN2CCOCC2)c2cn(Cc3ccc(F)cc3)c3ccccc23)cc1OC. The van der Waals surface area contributed by atoms with Crippen molar-refractivity contribution in [2.75, 3.05) is 53.6 Å². The number of methoxy groups -OCH3 is 2. The number of hydrogen-bond donors (Lipinski definition) is 1. The van der Waals surface area contributed by atoms with Crippen LogP contribution in [0, 0.1) is 5.82 Å². The zero-order valence-corrected chi connectivity index (χ0v) is 23.1. The van der Waals surface area contributed by atoms with Gasteiger partial charge >= 0.3 is 0 Å². The Morgan fingerprint density at radius 1 is 1.00 bits per heavy atom. The van der Waals surface area contributed by atoms with Gasteiger partial charge in [0.25, 0.3) is 0 Å². The molecule has 1 atom stereocenters. The molecule has 0 saturated carbocycles. The maximum atomic E-state index is 13.5. The van der Waals surface area contributed by atoms with Crippen LogP contribution in [0.25, 0.3) is 10.9 Å². The van der Waals surface area contributed by atoms with Gasteiger partial charge in [-0.25, -0.2) is 4.39 Å². The number of carbonyl (C=O) groups is 1. The molecule has 1 aliphatic rings. The van der Waals surface area contributed by atoms with Gasteiger partial charge in [0.1, 0.15) is 5.82 Å².